The van der Waals surface area contributed by atoms with Crippen LogP contribution in [0.2, 0.25) is 0 Å². The fourth-order valence-corrected chi connectivity index (χ4v) is 4.38. The van der Waals surface area contributed by atoms with Crippen molar-refractivity contribution in [1.29, 1.82) is 0 Å². The number of allylic oxidation sites excluding steroid dienone is 1. The van der Waals surface area contributed by atoms with E-state index in [9.17, 15) is 13.2 Å². The second-order valence-corrected chi connectivity index (χ2v) is 8.74. The number of para-hydroxylation sites is 1. The maximum absolute atomic E-state index is 12.6. The molecular formula is C22H26N2O3S. The van der Waals surface area contributed by atoms with Gasteiger partial charge in [0.25, 0.3) is 15.9 Å². The topological polar surface area (TPSA) is 75.3 Å². The smallest absolute Gasteiger partial charge is 0.261 e. The largest absolute Gasteiger partial charge is 0.352 e. The van der Waals surface area contributed by atoms with E-state index >= 15 is 0 Å². The summed E-state index contributed by atoms with van der Waals surface area (Å²) in [7, 11) is -3.70. The van der Waals surface area contributed by atoms with Crippen LogP contribution in [0.15, 0.2) is 65.1 Å². The molecule has 0 heterocycles. The van der Waals surface area contributed by atoms with Crippen molar-refractivity contribution in [2.24, 2.45) is 0 Å². The van der Waals surface area contributed by atoms with Gasteiger partial charge in [-0.1, -0.05) is 29.8 Å². The van der Waals surface area contributed by atoms with Crippen LogP contribution in [0, 0.1) is 6.92 Å². The second-order valence-electron chi connectivity index (χ2n) is 7.06. The second kappa shape index (κ2) is 9.06. The number of carbonyl (C=O) groups excluding carboxylic acids is 1. The van der Waals surface area contributed by atoms with Gasteiger partial charge in [-0.05, 0) is 74.9 Å². The number of nitrogens with one attached hydrogen (secondary N) is 2. The summed E-state index contributed by atoms with van der Waals surface area (Å²) in [5.41, 5.74) is 3.25. The summed E-state index contributed by atoms with van der Waals surface area (Å²) in [6.07, 6.45) is 7.89. The van der Waals surface area contributed by atoms with Crippen LogP contribution in [-0.4, -0.2) is 20.9 Å². The molecule has 0 saturated heterocycles. The van der Waals surface area contributed by atoms with Gasteiger partial charge in [0.05, 0.1) is 10.6 Å². The normalized spacial score (nSPS) is 14.2. The van der Waals surface area contributed by atoms with E-state index in [1.54, 1.807) is 24.3 Å². The number of carbonyl (C=O) groups is 1. The number of benzene rings is 2. The van der Waals surface area contributed by atoms with Gasteiger partial charge in [-0.15, -0.1) is 0 Å². The number of hydrogen-bond acceptors (Lipinski definition) is 3. The zero-order chi connectivity index (χ0) is 20.0. The molecule has 0 aliphatic heterocycles. The van der Waals surface area contributed by atoms with Crippen LogP contribution in [0.4, 0.5) is 5.69 Å². The molecule has 0 spiro atoms. The molecule has 6 heteroatoms. The zero-order valence-electron chi connectivity index (χ0n) is 16.1. The van der Waals surface area contributed by atoms with Crippen molar-refractivity contribution in [1.82, 2.24) is 5.32 Å². The monoisotopic (exact) mass is 398 g/mol. The Morgan fingerprint density at radius 2 is 1.79 bits per heavy atom. The van der Waals surface area contributed by atoms with Crippen LogP contribution < -0.4 is 10.0 Å². The molecular weight excluding hydrogens is 372 g/mol. The minimum atomic E-state index is -3.70. The number of hydrogen-bond donors (Lipinski definition) is 2. The molecule has 148 valence electrons. The van der Waals surface area contributed by atoms with E-state index in [1.165, 1.54) is 30.5 Å². The van der Waals surface area contributed by atoms with E-state index in [2.05, 4.69) is 16.1 Å². The van der Waals surface area contributed by atoms with Crippen molar-refractivity contribution in [2.75, 3.05) is 11.3 Å². The van der Waals surface area contributed by atoms with E-state index in [4.69, 9.17) is 0 Å². The lowest BCUT2D eigenvalue weighted by atomic mass is 9.97. The Morgan fingerprint density at radius 1 is 1.04 bits per heavy atom. The van der Waals surface area contributed by atoms with Gasteiger partial charge in [0.15, 0.2) is 0 Å². The first-order valence-corrected chi connectivity index (χ1v) is 11.1. The van der Waals surface area contributed by atoms with Crippen molar-refractivity contribution in [3.63, 3.8) is 0 Å². The molecule has 3 rings (SSSR count). The van der Waals surface area contributed by atoms with Gasteiger partial charge in [-0.3, -0.25) is 9.52 Å². The molecule has 2 aromatic rings. The number of rotatable bonds is 7. The Kier molecular flexibility index (Phi) is 6.52. The average Bonchev–Trinajstić information content (AvgIpc) is 2.70. The van der Waals surface area contributed by atoms with Gasteiger partial charge in [-0.25, -0.2) is 8.42 Å². The fraction of sp³-hybridized carbons (Fsp3) is 0.318. The number of anilines is 1. The molecule has 0 atom stereocenters. The highest BCUT2D eigenvalue weighted by Gasteiger charge is 2.16. The molecule has 1 amide bonds. The maximum Gasteiger partial charge on any atom is 0.261 e. The zero-order valence-corrected chi connectivity index (χ0v) is 16.9. The van der Waals surface area contributed by atoms with Crippen LogP contribution in [0.25, 0.3) is 0 Å². The van der Waals surface area contributed by atoms with Gasteiger partial charge in [0, 0.05) is 12.1 Å². The first-order valence-electron chi connectivity index (χ1n) is 9.60. The first-order chi connectivity index (χ1) is 13.5. The summed E-state index contributed by atoms with van der Waals surface area (Å²) in [6, 6.07) is 13.2. The van der Waals surface area contributed by atoms with Crippen molar-refractivity contribution in [3.8, 4) is 0 Å². The molecule has 0 radical (unpaired) electrons. The van der Waals surface area contributed by atoms with E-state index in [-0.39, 0.29) is 10.8 Å². The lowest BCUT2D eigenvalue weighted by Crippen LogP contribution is -2.25. The van der Waals surface area contributed by atoms with Crippen molar-refractivity contribution in [3.05, 3.63) is 71.3 Å². The quantitative estimate of drug-likeness (QED) is 0.678. The van der Waals surface area contributed by atoms with E-state index in [0.717, 1.165) is 24.8 Å². The molecule has 0 fully saturated rings. The van der Waals surface area contributed by atoms with Gasteiger partial charge in [0.2, 0.25) is 0 Å². The predicted molar refractivity (Wildman–Crippen MR) is 112 cm³/mol. The Balaban J connectivity index is 1.59. The Bertz CT molecular complexity index is 964. The number of sulfonamides is 1. The lowest BCUT2D eigenvalue weighted by Gasteiger charge is -2.13. The number of aryl methyl sites for hydroxylation is 1. The average molecular weight is 399 g/mol. The molecule has 1 aliphatic carbocycles. The summed E-state index contributed by atoms with van der Waals surface area (Å²) in [5.74, 6) is -0.188. The van der Waals surface area contributed by atoms with Crippen molar-refractivity contribution in [2.45, 2.75) is 43.9 Å². The van der Waals surface area contributed by atoms with E-state index in [1.807, 2.05) is 19.1 Å². The summed E-state index contributed by atoms with van der Waals surface area (Å²) < 4.78 is 27.7. The molecule has 5 nitrogen and oxygen atoms in total. The first kappa shape index (κ1) is 20.1. The van der Waals surface area contributed by atoms with Crippen LogP contribution in [0.3, 0.4) is 0 Å². The van der Waals surface area contributed by atoms with Gasteiger partial charge < -0.3 is 5.32 Å². The van der Waals surface area contributed by atoms with Crippen LogP contribution >= 0.6 is 0 Å². The van der Waals surface area contributed by atoms with Crippen LogP contribution in [0.5, 0.6) is 0 Å². The molecule has 2 aromatic carbocycles. The maximum atomic E-state index is 12.6. The molecule has 2 N–H and O–H groups in total. The minimum absolute atomic E-state index is 0.125. The van der Waals surface area contributed by atoms with E-state index < -0.39 is 10.0 Å². The highest BCUT2D eigenvalue weighted by Crippen LogP contribution is 2.20. The molecule has 0 aromatic heterocycles. The molecule has 28 heavy (non-hydrogen) atoms. The number of amides is 1. The third-order valence-electron chi connectivity index (χ3n) is 4.93. The van der Waals surface area contributed by atoms with E-state index in [0.29, 0.717) is 17.8 Å². The van der Waals surface area contributed by atoms with Crippen LogP contribution in [0.1, 0.15) is 48.0 Å². The highest BCUT2D eigenvalue weighted by molar-refractivity contribution is 7.92. The van der Waals surface area contributed by atoms with Crippen molar-refractivity contribution >= 4 is 21.6 Å². The Hall–Kier alpha value is -2.60. The Labute approximate surface area is 166 Å². The van der Waals surface area contributed by atoms with Gasteiger partial charge in [0.1, 0.15) is 0 Å². The third-order valence-corrected chi connectivity index (χ3v) is 6.31. The predicted octanol–water partition coefficient (Wildman–Crippen LogP) is 4.42. The summed E-state index contributed by atoms with van der Waals surface area (Å²) in [6.45, 7) is 2.44. The summed E-state index contributed by atoms with van der Waals surface area (Å²) in [5, 5.41) is 2.91. The van der Waals surface area contributed by atoms with Crippen LogP contribution in [-0.2, 0) is 10.0 Å². The minimum Gasteiger partial charge on any atom is -0.352 e. The SMILES string of the molecule is Cc1ccccc1NS(=O)(=O)c1ccc(C(=O)NCCC2=CCCCC2)cc1. The van der Waals surface area contributed by atoms with Gasteiger partial charge in [-0.2, -0.15) is 0 Å². The summed E-state index contributed by atoms with van der Waals surface area (Å²) >= 11 is 0. The van der Waals surface area contributed by atoms with Gasteiger partial charge >= 0.3 is 0 Å². The molecule has 1 aliphatic rings. The Morgan fingerprint density at radius 3 is 2.46 bits per heavy atom. The highest BCUT2D eigenvalue weighted by atomic mass is 32.2. The molecule has 0 bridgehead atoms. The van der Waals surface area contributed by atoms with Crippen molar-refractivity contribution < 1.29 is 13.2 Å². The lowest BCUT2D eigenvalue weighted by molar-refractivity contribution is 0.0954. The summed E-state index contributed by atoms with van der Waals surface area (Å²) in [4.78, 5) is 12.4. The third kappa shape index (κ3) is 5.23. The fourth-order valence-electron chi connectivity index (χ4n) is 3.25. The molecule has 0 unspecified atom stereocenters. The standard InChI is InChI=1S/C22H26N2O3S/c1-17-7-5-6-10-21(17)24-28(26,27)20-13-11-19(12-14-20)22(25)23-16-15-18-8-3-2-4-9-18/h5-8,10-14,24H,2-4,9,15-16H2,1H3,(H,23,25). The molecule has 0 saturated carbocycles.